The summed E-state index contributed by atoms with van der Waals surface area (Å²) in [6, 6.07) is 11.0. The van der Waals surface area contributed by atoms with Crippen LogP contribution in [0.4, 0.5) is 0 Å². The molecule has 2 aromatic carbocycles. The van der Waals surface area contributed by atoms with E-state index in [1.54, 1.807) is 12.1 Å². The Hall–Kier alpha value is -1.18. The Morgan fingerprint density at radius 1 is 0.880 bits per heavy atom. The van der Waals surface area contributed by atoms with Crippen LogP contribution in [-0.4, -0.2) is 26.2 Å². The summed E-state index contributed by atoms with van der Waals surface area (Å²) in [5.74, 6) is -0.607. The molecule has 0 N–H and O–H groups in total. The summed E-state index contributed by atoms with van der Waals surface area (Å²) in [5.41, 5.74) is 3.04. The van der Waals surface area contributed by atoms with Crippen molar-refractivity contribution in [2.75, 3.05) is 14.2 Å². The van der Waals surface area contributed by atoms with E-state index in [0.29, 0.717) is 16.5 Å². The Morgan fingerprint density at radius 2 is 1.36 bits per heavy atom. The zero-order valence-electron chi connectivity index (χ0n) is 13.9. The van der Waals surface area contributed by atoms with Gasteiger partial charge < -0.3 is 9.47 Å². The molecule has 134 valence electrons. The van der Waals surface area contributed by atoms with Crippen molar-refractivity contribution >= 4 is 59.7 Å². The van der Waals surface area contributed by atoms with E-state index in [4.69, 9.17) is 0 Å². The van der Waals surface area contributed by atoms with E-state index in [0.717, 1.165) is 20.1 Å². The Balaban J connectivity index is 0.000000251. The molecular weight excluding hydrogens is 520 g/mol. The molecule has 4 nitrogen and oxygen atoms in total. The topological polar surface area (TPSA) is 52.6 Å². The van der Waals surface area contributed by atoms with Crippen LogP contribution in [0, 0.1) is 6.92 Å². The van der Waals surface area contributed by atoms with E-state index in [1.807, 2.05) is 31.2 Å². The average Bonchev–Trinajstić information content (AvgIpc) is 2.62. The minimum Gasteiger partial charge on any atom is -0.465 e. The second-order valence-corrected chi connectivity index (χ2v) is 7.27. The van der Waals surface area contributed by atoms with Crippen LogP contribution < -0.4 is 0 Å². The number of ether oxygens (including phenoxy) is 2. The van der Waals surface area contributed by atoms with Crippen molar-refractivity contribution in [1.29, 1.82) is 0 Å². The van der Waals surface area contributed by atoms with Gasteiger partial charge >= 0.3 is 11.9 Å². The van der Waals surface area contributed by atoms with Crippen LogP contribution >= 0.6 is 47.8 Å². The number of benzene rings is 2. The minimum atomic E-state index is -0.309. The van der Waals surface area contributed by atoms with Crippen LogP contribution in [-0.2, 0) is 14.8 Å². The van der Waals surface area contributed by atoms with Crippen molar-refractivity contribution < 1.29 is 19.1 Å². The first kappa shape index (κ1) is 21.9. The lowest BCUT2D eigenvalue weighted by Gasteiger charge is -2.05. The van der Waals surface area contributed by atoms with Crippen LogP contribution in [0.5, 0.6) is 0 Å². The number of rotatable bonds is 3. The largest absolute Gasteiger partial charge is 0.465 e. The molecule has 2 rings (SSSR count). The highest BCUT2D eigenvalue weighted by atomic mass is 79.9. The van der Waals surface area contributed by atoms with Crippen LogP contribution in [0.25, 0.3) is 0 Å². The smallest absolute Gasteiger partial charge is 0.338 e. The van der Waals surface area contributed by atoms with Gasteiger partial charge in [-0.25, -0.2) is 9.59 Å². The van der Waals surface area contributed by atoms with E-state index in [9.17, 15) is 9.59 Å². The Bertz CT molecular complexity index is 760. The van der Waals surface area contributed by atoms with Gasteiger partial charge in [0, 0.05) is 14.3 Å². The van der Waals surface area contributed by atoms with E-state index < -0.39 is 0 Å². The van der Waals surface area contributed by atoms with Gasteiger partial charge in [-0.2, -0.15) is 0 Å². The fraction of sp³-hybridized carbons (Fsp3) is 0.222. The maximum Gasteiger partial charge on any atom is 0.338 e. The third-order valence-corrected chi connectivity index (χ3v) is 4.82. The van der Waals surface area contributed by atoms with Gasteiger partial charge in [0.05, 0.1) is 25.3 Å². The van der Waals surface area contributed by atoms with Crippen molar-refractivity contribution in [3.8, 4) is 0 Å². The fourth-order valence-electron chi connectivity index (χ4n) is 1.89. The molecule has 25 heavy (non-hydrogen) atoms. The van der Waals surface area contributed by atoms with Gasteiger partial charge in [-0.1, -0.05) is 59.9 Å². The maximum absolute atomic E-state index is 11.3. The number of alkyl halides is 1. The molecule has 0 heterocycles. The number of carbonyl (C=O) groups is 2. The van der Waals surface area contributed by atoms with Crippen LogP contribution in [0.1, 0.15) is 31.8 Å². The second-order valence-electron chi connectivity index (χ2n) is 4.88. The second kappa shape index (κ2) is 10.7. The lowest BCUT2D eigenvalue weighted by Crippen LogP contribution is -2.04. The zero-order valence-corrected chi connectivity index (χ0v) is 18.7. The molecule has 0 aliphatic heterocycles. The molecule has 0 saturated heterocycles. The van der Waals surface area contributed by atoms with Crippen LogP contribution in [0.3, 0.4) is 0 Å². The van der Waals surface area contributed by atoms with Gasteiger partial charge in [0.2, 0.25) is 0 Å². The maximum atomic E-state index is 11.3. The number of halogens is 3. The third-order valence-electron chi connectivity index (χ3n) is 3.23. The lowest BCUT2D eigenvalue weighted by molar-refractivity contribution is 0.0591. The number of hydrogen-bond donors (Lipinski definition) is 0. The number of esters is 2. The summed E-state index contributed by atoms with van der Waals surface area (Å²) in [6.07, 6.45) is 0. The first-order valence-corrected chi connectivity index (χ1v) is 9.82. The molecule has 0 atom stereocenters. The first-order chi connectivity index (χ1) is 11.8. The minimum absolute atomic E-state index is 0.297. The summed E-state index contributed by atoms with van der Waals surface area (Å²) in [6.45, 7) is 1.87. The van der Waals surface area contributed by atoms with Crippen molar-refractivity contribution in [1.82, 2.24) is 0 Å². The van der Waals surface area contributed by atoms with Crippen LogP contribution in [0.2, 0.25) is 0 Å². The standard InChI is InChI=1S/C9H8Br2O2.C9H9BrO2/c1-13-9(12)8-4-7(11)3-2-6(8)5-10;1-6-3-4-7(10)5-8(6)9(11)12-2/h2-4H,5H2,1H3;3-5H,1-2H3. The molecule has 0 fully saturated rings. The zero-order chi connectivity index (χ0) is 19.0. The summed E-state index contributed by atoms with van der Waals surface area (Å²) < 4.78 is 11.0. The van der Waals surface area contributed by atoms with E-state index >= 15 is 0 Å². The number of hydrogen-bond acceptors (Lipinski definition) is 4. The van der Waals surface area contributed by atoms with Gasteiger partial charge in [-0.3, -0.25) is 0 Å². The average molecular weight is 537 g/mol. The Morgan fingerprint density at radius 3 is 1.88 bits per heavy atom. The Kier molecular flexibility index (Phi) is 9.38. The van der Waals surface area contributed by atoms with Crippen molar-refractivity contribution in [3.63, 3.8) is 0 Å². The fourth-order valence-corrected chi connectivity index (χ4v) is 3.10. The van der Waals surface area contributed by atoms with Crippen molar-refractivity contribution in [2.24, 2.45) is 0 Å². The highest BCUT2D eigenvalue weighted by molar-refractivity contribution is 9.10. The summed E-state index contributed by atoms with van der Waals surface area (Å²) in [5, 5.41) is 0.644. The summed E-state index contributed by atoms with van der Waals surface area (Å²) in [7, 11) is 2.75. The molecule has 0 unspecified atom stereocenters. The third kappa shape index (κ3) is 6.56. The van der Waals surface area contributed by atoms with E-state index in [2.05, 4.69) is 57.3 Å². The van der Waals surface area contributed by atoms with Crippen molar-refractivity contribution in [2.45, 2.75) is 12.3 Å². The summed E-state index contributed by atoms with van der Waals surface area (Å²) in [4.78, 5) is 22.4. The number of methoxy groups -OCH3 is 2. The molecule has 0 aromatic heterocycles. The van der Waals surface area contributed by atoms with Crippen molar-refractivity contribution in [3.05, 3.63) is 67.6 Å². The molecule has 0 aliphatic rings. The first-order valence-electron chi connectivity index (χ1n) is 7.11. The SMILES string of the molecule is COC(=O)c1cc(Br)ccc1C.COC(=O)c1cc(Br)ccc1CBr. The highest BCUT2D eigenvalue weighted by Crippen LogP contribution is 2.19. The van der Waals surface area contributed by atoms with E-state index in [-0.39, 0.29) is 11.9 Å². The normalized spacial score (nSPS) is 9.68. The van der Waals surface area contributed by atoms with Gasteiger partial charge in [-0.05, 0) is 42.3 Å². The summed E-state index contributed by atoms with van der Waals surface area (Å²) >= 11 is 9.89. The molecule has 0 saturated carbocycles. The number of aryl methyl sites for hydroxylation is 1. The molecule has 0 aliphatic carbocycles. The van der Waals surface area contributed by atoms with Gasteiger partial charge in [-0.15, -0.1) is 0 Å². The molecule has 0 radical (unpaired) electrons. The molecule has 7 heteroatoms. The monoisotopic (exact) mass is 534 g/mol. The molecular formula is C18H17Br3O4. The molecule has 0 spiro atoms. The molecule has 0 amide bonds. The molecule has 0 bridgehead atoms. The predicted molar refractivity (Wildman–Crippen MR) is 108 cm³/mol. The number of carbonyl (C=O) groups excluding carboxylic acids is 2. The van der Waals surface area contributed by atoms with E-state index in [1.165, 1.54) is 14.2 Å². The quantitative estimate of drug-likeness (QED) is 0.374. The highest BCUT2D eigenvalue weighted by Gasteiger charge is 2.11. The predicted octanol–water partition coefficient (Wildman–Crippen LogP) is 5.67. The lowest BCUT2D eigenvalue weighted by atomic mass is 10.1. The molecule has 2 aromatic rings. The van der Waals surface area contributed by atoms with Gasteiger partial charge in [0.25, 0.3) is 0 Å². The van der Waals surface area contributed by atoms with Gasteiger partial charge in [0.15, 0.2) is 0 Å². The van der Waals surface area contributed by atoms with Crippen LogP contribution in [0.15, 0.2) is 45.3 Å². The van der Waals surface area contributed by atoms with Gasteiger partial charge in [0.1, 0.15) is 0 Å². The Labute approximate surface area is 172 Å².